The number of hydrogen-bond acceptors (Lipinski definition) is 8. The van der Waals surface area contributed by atoms with Crippen LogP contribution >= 0.6 is 0 Å². The predicted molar refractivity (Wildman–Crippen MR) is 128 cm³/mol. The number of aliphatic imine (C=N–C) groups is 1. The Morgan fingerprint density at radius 3 is 2.68 bits per heavy atom. The van der Waals surface area contributed by atoms with Crippen molar-refractivity contribution in [1.82, 2.24) is 4.90 Å². The topological polar surface area (TPSA) is 115 Å². The van der Waals surface area contributed by atoms with Crippen molar-refractivity contribution in [2.75, 3.05) is 13.2 Å². The van der Waals surface area contributed by atoms with Gasteiger partial charge in [0.05, 0.1) is 24.4 Å². The molecule has 2 rings (SSSR count). The minimum absolute atomic E-state index is 0.123. The summed E-state index contributed by atoms with van der Waals surface area (Å²) < 4.78 is 17.5. The smallest absolute Gasteiger partial charge is 0.210 e. The first-order valence-corrected chi connectivity index (χ1v) is 11.9. The van der Waals surface area contributed by atoms with Crippen LogP contribution in [0.1, 0.15) is 57.9 Å². The summed E-state index contributed by atoms with van der Waals surface area (Å²) in [6, 6.07) is 3.39. The van der Waals surface area contributed by atoms with Gasteiger partial charge in [0.15, 0.2) is 11.5 Å². The minimum atomic E-state index is -0.801. The molecule has 1 fully saturated rings. The Bertz CT molecular complexity index is 830. The normalized spacial score (nSPS) is 21.1. The van der Waals surface area contributed by atoms with E-state index < -0.39 is 18.5 Å². The zero-order valence-corrected chi connectivity index (χ0v) is 20.2. The predicted octanol–water partition coefficient (Wildman–Crippen LogP) is 3.15. The van der Waals surface area contributed by atoms with Crippen molar-refractivity contribution in [2.24, 2.45) is 4.99 Å². The lowest BCUT2D eigenvalue weighted by Crippen LogP contribution is -2.39. The van der Waals surface area contributed by atoms with E-state index in [-0.39, 0.29) is 18.9 Å². The van der Waals surface area contributed by atoms with Gasteiger partial charge in [-0.25, -0.2) is 0 Å². The first-order valence-electron chi connectivity index (χ1n) is 11.9. The number of aliphatic hydroxyl groups excluding tert-OH is 1. The van der Waals surface area contributed by atoms with Crippen LogP contribution in [0, 0.1) is 6.92 Å². The number of hydrogen-bond donors (Lipinski definition) is 1. The number of carbonyl (C=O) groups excluding carboxylic acids is 3. The quantitative estimate of drug-likeness (QED) is 0.235. The minimum Gasteiger partial charge on any atom is -0.490 e. The van der Waals surface area contributed by atoms with Gasteiger partial charge in [-0.15, -0.1) is 0 Å². The number of ether oxygens (including phenoxy) is 3. The summed E-state index contributed by atoms with van der Waals surface area (Å²) in [5.41, 5.74) is 1.48. The van der Waals surface area contributed by atoms with Gasteiger partial charge in [0.2, 0.25) is 12.7 Å². The number of aryl methyl sites for hydroxylation is 1. The number of benzene rings is 1. The van der Waals surface area contributed by atoms with E-state index in [1.807, 2.05) is 20.8 Å². The highest BCUT2D eigenvalue weighted by atomic mass is 16.7. The molecule has 9 heteroatoms. The number of carbonyl (C=O) groups is 3. The van der Waals surface area contributed by atoms with Crippen LogP contribution in [0.4, 0.5) is 5.69 Å². The summed E-state index contributed by atoms with van der Waals surface area (Å²) in [4.78, 5) is 39.6. The second-order valence-electron chi connectivity index (χ2n) is 8.32. The van der Waals surface area contributed by atoms with Crippen LogP contribution in [-0.2, 0) is 19.1 Å². The van der Waals surface area contributed by atoms with Crippen LogP contribution in [0.3, 0.4) is 0 Å². The molecular weight excluding hydrogens is 440 g/mol. The maximum atomic E-state index is 11.5. The molecule has 1 saturated heterocycles. The molecule has 1 aliphatic rings. The van der Waals surface area contributed by atoms with Crippen molar-refractivity contribution in [3.8, 4) is 11.5 Å². The van der Waals surface area contributed by atoms with Crippen LogP contribution in [0.25, 0.3) is 0 Å². The molecule has 1 amide bonds. The highest BCUT2D eigenvalue weighted by molar-refractivity contribution is 5.73. The van der Waals surface area contributed by atoms with Crippen molar-refractivity contribution in [3.63, 3.8) is 0 Å². The van der Waals surface area contributed by atoms with Crippen molar-refractivity contribution >= 4 is 30.9 Å². The Balaban J connectivity index is 2.28. The van der Waals surface area contributed by atoms with Crippen LogP contribution in [-0.4, -0.2) is 72.9 Å². The van der Waals surface area contributed by atoms with E-state index in [0.29, 0.717) is 49.5 Å². The fourth-order valence-corrected chi connectivity index (χ4v) is 3.69. The van der Waals surface area contributed by atoms with E-state index in [2.05, 4.69) is 4.99 Å². The fraction of sp³-hybridized carbons (Fsp3) is 0.600. The molecule has 0 saturated carbocycles. The number of amides is 1. The Kier molecular flexibility index (Phi) is 11.7. The number of nitrogens with zero attached hydrogens (tertiary/aromatic N) is 2. The Morgan fingerprint density at radius 1 is 1.24 bits per heavy atom. The Hall–Kier alpha value is -2.78. The molecule has 1 aromatic carbocycles. The third-order valence-corrected chi connectivity index (χ3v) is 5.54. The van der Waals surface area contributed by atoms with E-state index in [4.69, 9.17) is 14.2 Å². The molecule has 1 aromatic rings. The van der Waals surface area contributed by atoms with Gasteiger partial charge in [-0.05, 0) is 37.8 Å². The van der Waals surface area contributed by atoms with Crippen molar-refractivity contribution in [1.29, 1.82) is 0 Å². The highest BCUT2D eigenvalue weighted by Crippen LogP contribution is 2.37. The molecule has 34 heavy (non-hydrogen) atoms. The molecule has 188 valence electrons. The second kappa shape index (κ2) is 14.5. The molecule has 1 heterocycles. The largest absolute Gasteiger partial charge is 0.490 e. The fourth-order valence-electron chi connectivity index (χ4n) is 3.69. The third-order valence-electron chi connectivity index (χ3n) is 5.54. The first-order chi connectivity index (χ1) is 16.4. The van der Waals surface area contributed by atoms with Gasteiger partial charge in [-0.2, -0.15) is 0 Å². The van der Waals surface area contributed by atoms with Crippen LogP contribution in [0.5, 0.6) is 11.5 Å². The van der Waals surface area contributed by atoms with Gasteiger partial charge in [0.1, 0.15) is 18.7 Å². The Labute approximate surface area is 201 Å². The lowest BCUT2D eigenvalue weighted by molar-refractivity contribution is -0.176. The summed E-state index contributed by atoms with van der Waals surface area (Å²) in [6.45, 7) is 6.85. The lowest BCUT2D eigenvalue weighted by atomic mass is 10.1. The monoisotopic (exact) mass is 476 g/mol. The molecule has 0 aromatic heterocycles. The highest BCUT2D eigenvalue weighted by Gasteiger charge is 2.30. The average Bonchev–Trinajstić information content (AvgIpc) is 2.82. The molecule has 4 atom stereocenters. The van der Waals surface area contributed by atoms with E-state index in [9.17, 15) is 19.5 Å². The summed E-state index contributed by atoms with van der Waals surface area (Å²) in [7, 11) is 0. The van der Waals surface area contributed by atoms with E-state index in [0.717, 1.165) is 31.1 Å². The van der Waals surface area contributed by atoms with Crippen LogP contribution in [0.15, 0.2) is 17.1 Å². The zero-order valence-electron chi connectivity index (χ0n) is 20.2. The van der Waals surface area contributed by atoms with Crippen molar-refractivity contribution in [3.05, 3.63) is 17.7 Å². The van der Waals surface area contributed by atoms with Gasteiger partial charge in [0, 0.05) is 38.1 Å². The van der Waals surface area contributed by atoms with Gasteiger partial charge < -0.3 is 33.8 Å². The molecular formula is C25H36N2O7. The summed E-state index contributed by atoms with van der Waals surface area (Å²) in [6.07, 6.45) is 4.84. The maximum absolute atomic E-state index is 11.5. The summed E-state index contributed by atoms with van der Waals surface area (Å²) in [5.74, 6) is 0.822. The molecule has 9 nitrogen and oxygen atoms in total. The van der Waals surface area contributed by atoms with Gasteiger partial charge >= 0.3 is 0 Å². The van der Waals surface area contributed by atoms with Crippen molar-refractivity contribution in [2.45, 2.75) is 83.8 Å². The van der Waals surface area contributed by atoms with Gasteiger partial charge in [-0.1, -0.05) is 13.8 Å². The molecule has 0 bridgehead atoms. The first kappa shape index (κ1) is 27.5. The van der Waals surface area contributed by atoms with E-state index in [1.165, 1.54) is 0 Å². The standard InChI is InChI=1S/C25H36N2O7/c1-4-8-27(17-30)19(5-2)15-26-22-14-23(32-10-7-6-9-28)24(11-18(22)3)34-25-13-20(31)12-21(16-29)33-25/h9,11,14-17,19-21,25,31H,4-8,10,12-13H2,1-3H3/t19-,20-,21-,25-/m0/s1. The summed E-state index contributed by atoms with van der Waals surface area (Å²) >= 11 is 0. The molecule has 0 spiro atoms. The van der Waals surface area contributed by atoms with Gasteiger partial charge in [0.25, 0.3) is 0 Å². The Morgan fingerprint density at radius 2 is 2.03 bits per heavy atom. The molecule has 0 unspecified atom stereocenters. The van der Waals surface area contributed by atoms with Gasteiger partial charge in [-0.3, -0.25) is 9.79 Å². The number of rotatable bonds is 15. The molecule has 0 radical (unpaired) electrons. The SMILES string of the molecule is CCCN(C=O)[C@H](C=Nc1cc(OCCCC=O)c(O[C@H]2C[C@@H](O)C[C@@H](C=O)O2)cc1C)CC. The summed E-state index contributed by atoms with van der Waals surface area (Å²) in [5, 5.41) is 10.0. The lowest BCUT2D eigenvalue weighted by Gasteiger charge is -2.31. The third kappa shape index (κ3) is 8.22. The molecule has 0 aliphatic carbocycles. The second-order valence-corrected chi connectivity index (χ2v) is 8.32. The number of aliphatic hydroxyl groups is 1. The van der Waals surface area contributed by atoms with Crippen LogP contribution < -0.4 is 9.47 Å². The molecule has 1 N–H and O–H groups in total. The van der Waals surface area contributed by atoms with Crippen LogP contribution in [0.2, 0.25) is 0 Å². The average molecular weight is 477 g/mol. The number of aldehydes is 2. The maximum Gasteiger partial charge on any atom is 0.210 e. The number of unbranched alkanes of at least 4 members (excludes halogenated alkanes) is 1. The van der Waals surface area contributed by atoms with E-state index >= 15 is 0 Å². The van der Waals surface area contributed by atoms with Crippen molar-refractivity contribution < 1.29 is 33.7 Å². The zero-order chi connectivity index (χ0) is 24.9. The van der Waals surface area contributed by atoms with E-state index in [1.54, 1.807) is 23.2 Å². The molecule has 1 aliphatic heterocycles.